The minimum atomic E-state index is -1.01. The maximum Gasteiger partial charge on any atom is 0.313 e. The number of halogens is 2. The van der Waals surface area contributed by atoms with Crippen molar-refractivity contribution in [2.75, 3.05) is 11.9 Å². The lowest BCUT2D eigenvalue weighted by Gasteiger charge is -2.13. The van der Waals surface area contributed by atoms with Crippen LogP contribution in [-0.4, -0.2) is 29.6 Å². The van der Waals surface area contributed by atoms with Gasteiger partial charge in [0.15, 0.2) is 0 Å². The summed E-state index contributed by atoms with van der Waals surface area (Å²) < 4.78 is 13.4. The summed E-state index contributed by atoms with van der Waals surface area (Å²) in [5.41, 5.74) is -0.137. The second kappa shape index (κ2) is 7.06. The summed E-state index contributed by atoms with van der Waals surface area (Å²) in [6.07, 6.45) is 0.477. The van der Waals surface area contributed by atoms with Crippen molar-refractivity contribution in [2.45, 2.75) is 19.4 Å². The van der Waals surface area contributed by atoms with Crippen molar-refractivity contribution >= 4 is 29.1 Å². The van der Waals surface area contributed by atoms with E-state index in [4.69, 9.17) is 16.7 Å². The van der Waals surface area contributed by atoms with E-state index in [-0.39, 0.29) is 17.3 Å². The highest BCUT2D eigenvalue weighted by molar-refractivity contribution is 6.39. The van der Waals surface area contributed by atoms with Gasteiger partial charge < -0.3 is 15.7 Å². The molecular weight excluding hydrogens is 275 g/mol. The van der Waals surface area contributed by atoms with Gasteiger partial charge in [-0.05, 0) is 24.6 Å². The Morgan fingerprint density at radius 1 is 1.42 bits per heavy atom. The van der Waals surface area contributed by atoms with Gasteiger partial charge in [0.1, 0.15) is 5.82 Å². The first-order valence-electron chi connectivity index (χ1n) is 5.65. The molecule has 2 amide bonds. The highest BCUT2D eigenvalue weighted by Crippen LogP contribution is 2.18. The maximum atomic E-state index is 13.4. The van der Waals surface area contributed by atoms with E-state index >= 15 is 0 Å². The van der Waals surface area contributed by atoms with Crippen LogP contribution < -0.4 is 10.6 Å². The third-order valence-electron chi connectivity index (χ3n) is 2.43. The minimum absolute atomic E-state index is 0.137. The molecule has 1 aromatic rings. The van der Waals surface area contributed by atoms with Crippen LogP contribution in [0.1, 0.15) is 13.3 Å². The number of aliphatic hydroxyl groups excluding tert-OH is 1. The third-order valence-corrected chi connectivity index (χ3v) is 2.67. The van der Waals surface area contributed by atoms with Crippen LogP contribution in [0.5, 0.6) is 0 Å². The second-order valence-electron chi connectivity index (χ2n) is 3.84. The maximum absolute atomic E-state index is 13.4. The molecular formula is C12H14ClFN2O3. The van der Waals surface area contributed by atoms with E-state index in [0.29, 0.717) is 6.42 Å². The van der Waals surface area contributed by atoms with Gasteiger partial charge in [-0.15, -0.1) is 0 Å². The van der Waals surface area contributed by atoms with Gasteiger partial charge in [-0.3, -0.25) is 9.59 Å². The molecule has 0 fully saturated rings. The van der Waals surface area contributed by atoms with Gasteiger partial charge in [0.05, 0.1) is 18.3 Å². The average Bonchev–Trinajstić information content (AvgIpc) is 2.38. The Morgan fingerprint density at radius 2 is 2.11 bits per heavy atom. The Balaban J connectivity index is 2.66. The molecule has 1 rings (SSSR count). The van der Waals surface area contributed by atoms with Crippen molar-refractivity contribution in [1.82, 2.24) is 5.32 Å². The predicted octanol–water partition coefficient (Wildman–Crippen LogP) is 1.30. The van der Waals surface area contributed by atoms with Crippen LogP contribution in [0.2, 0.25) is 5.02 Å². The number of rotatable bonds is 4. The molecule has 1 atom stereocenters. The van der Waals surface area contributed by atoms with Crippen LogP contribution >= 0.6 is 11.6 Å². The van der Waals surface area contributed by atoms with E-state index in [2.05, 4.69) is 10.6 Å². The molecule has 1 aromatic carbocycles. The van der Waals surface area contributed by atoms with Gasteiger partial charge >= 0.3 is 11.8 Å². The van der Waals surface area contributed by atoms with Crippen molar-refractivity contribution in [3.63, 3.8) is 0 Å². The zero-order chi connectivity index (χ0) is 14.4. The zero-order valence-corrected chi connectivity index (χ0v) is 11.0. The molecule has 0 spiro atoms. The number of anilines is 1. The number of aliphatic hydroxyl groups is 1. The standard InChI is InChI=1S/C12H14ClFN2O3/c1-2-8(6-17)15-11(18)12(19)16-10-4-3-7(13)5-9(10)14/h3-5,8,17H,2,6H2,1H3,(H,15,18)(H,16,19)/t8-/m0/s1. The van der Waals surface area contributed by atoms with Crippen LogP contribution in [0.3, 0.4) is 0 Å². The summed E-state index contributed by atoms with van der Waals surface area (Å²) in [7, 11) is 0. The summed E-state index contributed by atoms with van der Waals surface area (Å²) in [6, 6.07) is 3.17. The van der Waals surface area contributed by atoms with Crippen molar-refractivity contribution in [3.8, 4) is 0 Å². The number of amides is 2. The molecule has 0 unspecified atom stereocenters. The van der Waals surface area contributed by atoms with E-state index in [1.807, 2.05) is 0 Å². The molecule has 0 aromatic heterocycles. The molecule has 0 saturated heterocycles. The van der Waals surface area contributed by atoms with Crippen molar-refractivity contribution in [2.24, 2.45) is 0 Å². The molecule has 0 aliphatic heterocycles. The molecule has 0 heterocycles. The smallest absolute Gasteiger partial charge is 0.313 e. The quantitative estimate of drug-likeness (QED) is 0.731. The topological polar surface area (TPSA) is 78.4 Å². The average molecular weight is 289 g/mol. The number of carbonyl (C=O) groups is 2. The van der Waals surface area contributed by atoms with E-state index in [1.165, 1.54) is 12.1 Å². The van der Waals surface area contributed by atoms with Gasteiger partial charge in [-0.2, -0.15) is 0 Å². The first kappa shape index (κ1) is 15.4. The summed E-state index contributed by atoms with van der Waals surface area (Å²) in [6.45, 7) is 1.47. The van der Waals surface area contributed by atoms with Gasteiger partial charge in [-0.25, -0.2) is 4.39 Å². The monoisotopic (exact) mass is 288 g/mol. The van der Waals surface area contributed by atoms with Crippen LogP contribution in [0.25, 0.3) is 0 Å². The fourth-order valence-corrected chi connectivity index (χ4v) is 1.46. The van der Waals surface area contributed by atoms with E-state index in [0.717, 1.165) is 6.07 Å². The molecule has 3 N–H and O–H groups in total. The fourth-order valence-electron chi connectivity index (χ4n) is 1.30. The SMILES string of the molecule is CC[C@@H](CO)NC(=O)C(=O)Nc1ccc(Cl)cc1F. The minimum Gasteiger partial charge on any atom is -0.394 e. The highest BCUT2D eigenvalue weighted by Gasteiger charge is 2.18. The van der Waals surface area contributed by atoms with Crippen LogP contribution in [0, 0.1) is 5.82 Å². The normalized spacial score (nSPS) is 11.8. The van der Waals surface area contributed by atoms with Gasteiger partial charge in [0, 0.05) is 5.02 Å². The molecule has 104 valence electrons. The Hall–Kier alpha value is -1.66. The Bertz CT molecular complexity index is 478. The van der Waals surface area contributed by atoms with Crippen LogP contribution in [-0.2, 0) is 9.59 Å². The molecule has 7 heteroatoms. The largest absolute Gasteiger partial charge is 0.394 e. The number of carbonyl (C=O) groups excluding carboxylic acids is 2. The van der Waals surface area contributed by atoms with Gasteiger partial charge in [0.25, 0.3) is 0 Å². The lowest BCUT2D eigenvalue weighted by Crippen LogP contribution is -2.43. The van der Waals surface area contributed by atoms with Crippen molar-refractivity contribution in [1.29, 1.82) is 0 Å². The number of nitrogens with one attached hydrogen (secondary N) is 2. The first-order valence-corrected chi connectivity index (χ1v) is 6.03. The van der Waals surface area contributed by atoms with E-state index < -0.39 is 23.7 Å². The molecule has 0 radical (unpaired) electrons. The molecule has 0 aliphatic carbocycles. The number of benzene rings is 1. The predicted molar refractivity (Wildman–Crippen MR) is 69.3 cm³/mol. The Morgan fingerprint density at radius 3 is 2.63 bits per heavy atom. The fraction of sp³-hybridized carbons (Fsp3) is 0.333. The Labute approximate surface area is 114 Å². The number of hydrogen-bond donors (Lipinski definition) is 3. The van der Waals surface area contributed by atoms with Crippen LogP contribution in [0.15, 0.2) is 18.2 Å². The summed E-state index contributed by atoms with van der Waals surface area (Å²) in [5.74, 6) is -2.67. The van der Waals surface area contributed by atoms with Gasteiger partial charge in [0.2, 0.25) is 0 Å². The molecule has 0 bridgehead atoms. The van der Waals surface area contributed by atoms with Crippen molar-refractivity contribution < 1.29 is 19.1 Å². The molecule has 5 nitrogen and oxygen atoms in total. The van der Waals surface area contributed by atoms with Crippen molar-refractivity contribution in [3.05, 3.63) is 29.0 Å². The number of hydrogen-bond acceptors (Lipinski definition) is 3. The van der Waals surface area contributed by atoms with E-state index in [9.17, 15) is 14.0 Å². The lowest BCUT2D eigenvalue weighted by molar-refractivity contribution is -0.136. The first-order chi connectivity index (χ1) is 8.97. The third kappa shape index (κ3) is 4.50. The van der Waals surface area contributed by atoms with Gasteiger partial charge in [-0.1, -0.05) is 18.5 Å². The highest BCUT2D eigenvalue weighted by atomic mass is 35.5. The second-order valence-corrected chi connectivity index (χ2v) is 4.28. The summed E-state index contributed by atoms with van der Waals surface area (Å²) >= 11 is 5.56. The van der Waals surface area contributed by atoms with Crippen LogP contribution in [0.4, 0.5) is 10.1 Å². The lowest BCUT2D eigenvalue weighted by atomic mass is 10.2. The zero-order valence-electron chi connectivity index (χ0n) is 10.2. The molecule has 0 aliphatic rings. The molecule has 0 saturated carbocycles. The summed E-state index contributed by atoms with van der Waals surface area (Å²) in [4.78, 5) is 23.0. The van der Waals surface area contributed by atoms with E-state index in [1.54, 1.807) is 6.92 Å². The molecule has 19 heavy (non-hydrogen) atoms. The Kier molecular flexibility index (Phi) is 5.72. The summed E-state index contributed by atoms with van der Waals surface area (Å²) in [5, 5.41) is 13.5.